The number of nitrogens with zero attached hydrogens (tertiary/aromatic N) is 3. The number of fused-ring (bicyclic) bond motifs is 1. The highest BCUT2D eigenvalue weighted by molar-refractivity contribution is 6.07. The molecule has 1 aromatic heterocycles. The lowest BCUT2D eigenvalue weighted by molar-refractivity contribution is -0.133. The summed E-state index contributed by atoms with van der Waals surface area (Å²) in [7, 11) is 0. The number of amides is 3. The molecule has 0 saturated carbocycles. The van der Waals surface area contributed by atoms with E-state index in [1.54, 1.807) is 23.6 Å². The number of nitrogens with one attached hydrogen (secondary N) is 2. The van der Waals surface area contributed by atoms with Gasteiger partial charge >= 0.3 is 0 Å². The van der Waals surface area contributed by atoms with Crippen molar-refractivity contribution in [3.8, 4) is 0 Å². The lowest BCUT2D eigenvalue weighted by atomic mass is 9.93. The Balaban J connectivity index is 1.87. The first-order chi connectivity index (χ1) is 14.7. The second-order valence-corrected chi connectivity index (χ2v) is 8.24. The summed E-state index contributed by atoms with van der Waals surface area (Å²) in [5.41, 5.74) is -0.158. The molecule has 9 heteroatoms. The molecular formula is C22H28FN5O3. The Kier molecular flexibility index (Phi) is 6.42. The fraction of sp³-hybridized carbons (Fsp3) is 0.455. The van der Waals surface area contributed by atoms with E-state index < -0.39 is 17.4 Å². The van der Waals surface area contributed by atoms with Crippen LogP contribution in [0, 0.1) is 5.82 Å². The van der Waals surface area contributed by atoms with Gasteiger partial charge in [0.05, 0.1) is 12.9 Å². The highest BCUT2D eigenvalue weighted by Crippen LogP contribution is 2.29. The van der Waals surface area contributed by atoms with Crippen LogP contribution in [0.5, 0.6) is 0 Å². The molecule has 2 N–H and O–H groups in total. The van der Waals surface area contributed by atoms with Crippen molar-refractivity contribution in [2.45, 2.75) is 58.8 Å². The van der Waals surface area contributed by atoms with E-state index in [0.29, 0.717) is 13.0 Å². The van der Waals surface area contributed by atoms with Crippen molar-refractivity contribution in [2.24, 2.45) is 0 Å². The third kappa shape index (κ3) is 4.45. The Morgan fingerprint density at radius 1 is 1.26 bits per heavy atom. The number of rotatable bonds is 7. The van der Waals surface area contributed by atoms with E-state index in [2.05, 4.69) is 15.6 Å². The molecular weight excluding hydrogens is 401 g/mol. The summed E-state index contributed by atoms with van der Waals surface area (Å²) in [6, 6.07) is 5.76. The Hall–Kier alpha value is -3.23. The molecule has 1 unspecified atom stereocenters. The summed E-state index contributed by atoms with van der Waals surface area (Å²) in [5, 5.41) is 5.61. The van der Waals surface area contributed by atoms with E-state index >= 15 is 0 Å². The van der Waals surface area contributed by atoms with Gasteiger partial charge in [-0.25, -0.2) is 9.37 Å². The fourth-order valence-electron chi connectivity index (χ4n) is 3.73. The van der Waals surface area contributed by atoms with Crippen LogP contribution < -0.4 is 10.6 Å². The predicted molar refractivity (Wildman–Crippen MR) is 113 cm³/mol. The zero-order valence-corrected chi connectivity index (χ0v) is 18.2. The van der Waals surface area contributed by atoms with Crippen LogP contribution in [0.2, 0.25) is 0 Å². The number of benzene rings is 1. The molecule has 1 aliphatic heterocycles. The van der Waals surface area contributed by atoms with E-state index in [1.165, 1.54) is 23.4 Å². The number of halogens is 1. The second kappa shape index (κ2) is 8.87. The molecule has 0 saturated heterocycles. The van der Waals surface area contributed by atoms with Crippen molar-refractivity contribution in [3.63, 3.8) is 0 Å². The Bertz CT molecular complexity index is 986. The zero-order valence-electron chi connectivity index (χ0n) is 18.2. The first-order valence-electron chi connectivity index (χ1n) is 10.4. The third-order valence-electron chi connectivity index (χ3n) is 5.30. The van der Waals surface area contributed by atoms with Crippen molar-refractivity contribution in [3.05, 3.63) is 53.4 Å². The molecule has 0 spiro atoms. The van der Waals surface area contributed by atoms with Gasteiger partial charge in [0.15, 0.2) is 5.69 Å². The first kappa shape index (κ1) is 22.5. The minimum atomic E-state index is -1.16. The van der Waals surface area contributed by atoms with Crippen LogP contribution in [0.1, 0.15) is 60.7 Å². The number of carbonyl (C=O) groups is 3. The van der Waals surface area contributed by atoms with Gasteiger partial charge < -0.3 is 20.1 Å². The molecule has 0 radical (unpaired) electrons. The SMILES string of the molecule is CCCN1C(=O)c2c(C(=O)NC(C)C)ncn2CC1(C)C(=O)NCc1ccc(F)cc1. The largest absolute Gasteiger partial charge is 0.350 e. The summed E-state index contributed by atoms with van der Waals surface area (Å²) in [6.07, 6.45) is 2.07. The van der Waals surface area contributed by atoms with Crippen molar-refractivity contribution in [2.75, 3.05) is 6.54 Å². The molecule has 1 atom stereocenters. The van der Waals surface area contributed by atoms with Gasteiger partial charge in [-0.2, -0.15) is 0 Å². The lowest BCUT2D eigenvalue weighted by Crippen LogP contribution is -2.64. The molecule has 2 aromatic rings. The van der Waals surface area contributed by atoms with Gasteiger partial charge in [0.25, 0.3) is 11.8 Å². The van der Waals surface area contributed by atoms with Crippen molar-refractivity contribution < 1.29 is 18.8 Å². The van der Waals surface area contributed by atoms with Crippen LogP contribution >= 0.6 is 0 Å². The van der Waals surface area contributed by atoms with Gasteiger partial charge in [0, 0.05) is 19.1 Å². The average molecular weight is 429 g/mol. The Morgan fingerprint density at radius 2 is 1.94 bits per heavy atom. The molecule has 1 aromatic carbocycles. The summed E-state index contributed by atoms with van der Waals surface area (Å²) in [5.74, 6) is -1.50. The van der Waals surface area contributed by atoms with Crippen LogP contribution in [0.15, 0.2) is 30.6 Å². The maximum atomic E-state index is 13.4. The molecule has 3 amide bonds. The maximum Gasteiger partial charge on any atom is 0.273 e. The summed E-state index contributed by atoms with van der Waals surface area (Å²) >= 11 is 0. The van der Waals surface area contributed by atoms with Gasteiger partial charge in [-0.1, -0.05) is 19.1 Å². The number of carbonyl (C=O) groups excluding carboxylic acids is 3. The first-order valence-corrected chi connectivity index (χ1v) is 10.4. The van der Waals surface area contributed by atoms with E-state index in [1.807, 2.05) is 20.8 Å². The van der Waals surface area contributed by atoms with E-state index in [9.17, 15) is 18.8 Å². The van der Waals surface area contributed by atoms with Crippen molar-refractivity contribution >= 4 is 17.7 Å². The minimum Gasteiger partial charge on any atom is -0.350 e. The smallest absolute Gasteiger partial charge is 0.273 e. The van der Waals surface area contributed by atoms with E-state index in [-0.39, 0.29) is 42.2 Å². The molecule has 0 fully saturated rings. The molecule has 166 valence electrons. The summed E-state index contributed by atoms with van der Waals surface area (Å²) in [4.78, 5) is 44.8. The minimum absolute atomic E-state index is 0.0635. The number of imidazole rings is 1. The lowest BCUT2D eigenvalue weighted by Gasteiger charge is -2.43. The van der Waals surface area contributed by atoms with E-state index in [0.717, 1.165) is 5.56 Å². The highest BCUT2D eigenvalue weighted by Gasteiger charge is 2.48. The van der Waals surface area contributed by atoms with Crippen LogP contribution in [0.25, 0.3) is 0 Å². The van der Waals surface area contributed by atoms with Gasteiger partial charge in [0.2, 0.25) is 5.91 Å². The second-order valence-electron chi connectivity index (χ2n) is 8.24. The van der Waals surface area contributed by atoms with Crippen LogP contribution in [0.4, 0.5) is 4.39 Å². The standard InChI is InChI=1S/C22H28FN5O3/c1-5-10-28-20(30)18-17(19(29)26-14(2)3)25-13-27(18)12-22(28,4)21(31)24-11-15-6-8-16(23)9-7-15/h6-9,13-14H,5,10-12H2,1-4H3,(H,24,31)(H,26,29). The summed E-state index contributed by atoms with van der Waals surface area (Å²) < 4.78 is 14.7. The van der Waals surface area contributed by atoms with Crippen LogP contribution in [-0.4, -0.2) is 50.3 Å². The predicted octanol–water partition coefficient (Wildman–Crippen LogP) is 2.10. The summed E-state index contributed by atoms with van der Waals surface area (Å²) in [6.45, 7) is 8.02. The fourth-order valence-corrected chi connectivity index (χ4v) is 3.73. The van der Waals surface area contributed by atoms with Gasteiger partial charge in [-0.15, -0.1) is 0 Å². The molecule has 8 nitrogen and oxygen atoms in total. The van der Waals surface area contributed by atoms with E-state index in [4.69, 9.17) is 0 Å². The molecule has 3 rings (SSSR count). The maximum absolute atomic E-state index is 13.4. The third-order valence-corrected chi connectivity index (χ3v) is 5.30. The molecule has 0 aliphatic carbocycles. The van der Waals surface area contributed by atoms with Gasteiger partial charge in [0.1, 0.15) is 17.1 Å². The zero-order chi connectivity index (χ0) is 22.8. The topological polar surface area (TPSA) is 96.3 Å². The monoisotopic (exact) mass is 429 g/mol. The number of hydrogen-bond donors (Lipinski definition) is 2. The molecule has 31 heavy (non-hydrogen) atoms. The average Bonchev–Trinajstić information content (AvgIpc) is 3.13. The van der Waals surface area contributed by atoms with Crippen LogP contribution in [-0.2, 0) is 17.9 Å². The van der Waals surface area contributed by atoms with Crippen LogP contribution in [0.3, 0.4) is 0 Å². The number of hydrogen-bond acceptors (Lipinski definition) is 4. The Morgan fingerprint density at radius 3 is 2.55 bits per heavy atom. The Labute approximate surface area is 180 Å². The molecule has 2 heterocycles. The van der Waals surface area contributed by atoms with Crippen molar-refractivity contribution in [1.82, 2.24) is 25.1 Å². The highest BCUT2D eigenvalue weighted by atomic mass is 19.1. The van der Waals surface area contributed by atoms with Gasteiger partial charge in [-0.3, -0.25) is 14.4 Å². The van der Waals surface area contributed by atoms with Crippen molar-refractivity contribution in [1.29, 1.82) is 0 Å². The molecule has 1 aliphatic rings. The normalized spacial score (nSPS) is 18.1. The molecule has 0 bridgehead atoms. The van der Waals surface area contributed by atoms with Gasteiger partial charge in [-0.05, 0) is 44.9 Å². The quantitative estimate of drug-likeness (QED) is 0.705. The number of aromatic nitrogens is 2.